The number of thiazole rings is 1. The van der Waals surface area contributed by atoms with Crippen molar-refractivity contribution in [1.82, 2.24) is 25.0 Å². The minimum absolute atomic E-state index is 0.0193. The molecule has 1 amide bonds. The first-order valence-electron chi connectivity index (χ1n) is 8.20. The zero-order valence-electron chi connectivity index (χ0n) is 15.0. The molecule has 3 rings (SSSR count). The molecule has 0 bridgehead atoms. The highest BCUT2D eigenvalue weighted by Crippen LogP contribution is 2.24. The number of amides is 1. The maximum Gasteiger partial charge on any atom is 0.271 e. The molecule has 0 aliphatic rings. The number of halogens is 2. The van der Waals surface area contributed by atoms with Crippen molar-refractivity contribution in [2.45, 2.75) is 24.9 Å². The van der Waals surface area contributed by atoms with Crippen molar-refractivity contribution < 1.29 is 13.2 Å². The highest BCUT2D eigenvalue weighted by Gasteiger charge is 2.16. The van der Waals surface area contributed by atoms with E-state index < -0.39 is 10.0 Å². The Morgan fingerprint density at radius 3 is 2.48 bits per heavy atom. The van der Waals surface area contributed by atoms with Gasteiger partial charge < -0.3 is 5.32 Å². The number of carbonyl (C=O) groups excluding carboxylic acids is 1. The van der Waals surface area contributed by atoms with Gasteiger partial charge >= 0.3 is 0 Å². The topological polar surface area (TPSA) is 114 Å². The van der Waals surface area contributed by atoms with Gasteiger partial charge in [0.05, 0.1) is 51.1 Å². The molecule has 2 aromatic heterocycles. The smallest absolute Gasteiger partial charge is 0.271 e. The average Bonchev–Trinajstić information content (AvgIpc) is 3.12. The largest absolute Gasteiger partial charge is 0.346 e. The van der Waals surface area contributed by atoms with Crippen LogP contribution in [0.25, 0.3) is 0 Å². The minimum Gasteiger partial charge on any atom is -0.346 e. The van der Waals surface area contributed by atoms with Gasteiger partial charge in [-0.2, -0.15) is 0 Å². The molecule has 0 aliphatic carbocycles. The first-order chi connectivity index (χ1) is 13.7. The Balaban J connectivity index is 1.58. The quantitative estimate of drug-likeness (QED) is 0.547. The molecule has 12 heteroatoms. The van der Waals surface area contributed by atoms with Crippen molar-refractivity contribution in [3.8, 4) is 0 Å². The van der Waals surface area contributed by atoms with Gasteiger partial charge in [0.1, 0.15) is 5.69 Å². The Morgan fingerprint density at radius 2 is 1.86 bits per heavy atom. The van der Waals surface area contributed by atoms with Gasteiger partial charge in [0.25, 0.3) is 5.91 Å². The molecule has 1 aromatic carbocycles. The van der Waals surface area contributed by atoms with Crippen LogP contribution >= 0.6 is 34.5 Å². The number of nitrogens with one attached hydrogen (secondary N) is 2. The van der Waals surface area contributed by atoms with Gasteiger partial charge in [-0.05, 0) is 25.1 Å². The predicted molar refractivity (Wildman–Crippen MR) is 111 cm³/mol. The molecule has 3 aromatic rings. The molecule has 29 heavy (non-hydrogen) atoms. The lowest BCUT2D eigenvalue weighted by Gasteiger charge is -2.08. The molecular weight excluding hydrogens is 457 g/mol. The number of aromatic nitrogens is 3. The van der Waals surface area contributed by atoms with Crippen LogP contribution in [-0.2, 0) is 23.1 Å². The second kappa shape index (κ2) is 9.14. The summed E-state index contributed by atoms with van der Waals surface area (Å²) in [5, 5.41) is 4.05. The summed E-state index contributed by atoms with van der Waals surface area (Å²) in [6.07, 6.45) is 4.33. The summed E-state index contributed by atoms with van der Waals surface area (Å²) >= 11 is 13.2. The van der Waals surface area contributed by atoms with Gasteiger partial charge in [-0.15, -0.1) is 11.3 Å². The molecule has 2 N–H and O–H groups in total. The molecule has 152 valence electrons. The number of benzene rings is 1. The van der Waals surface area contributed by atoms with Gasteiger partial charge in [-0.1, -0.05) is 23.2 Å². The Labute approximate surface area is 181 Å². The van der Waals surface area contributed by atoms with Crippen molar-refractivity contribution in [1.29, 1.82) is 0 Å². The minimum atomic E-state index is -3.81. The van der Waals surface area contributed by atoms with Crippen molar-refractivity contribution in [3.05, 3.63) is 68.1 Å². The molecule has 0 saturated heterocycles. The maximum absolute atomic E-state index is 12.3. The molecule has 0 fully saturated rings. The second-order valence-corrected chi connectivity index (χ2v) is 9.72. The van der Waals surface area contributed by atoms with E-state index in [0.29, 0.717) is 12.2 Å². The van der Waals surface area contributed by atoms with E-state index >= 15 is 0 Å². The van der Waals surface area contributed by atoms with Gasteiger partial charge in [0.15, 0.2) is 0 Å². The monoisotopic (exact) mass is 471 g/mol. The van der Waals surface area contributed by atoms with Gasteiger partial charge in [-0.25, -0.2) is 23.1 Å². The van der Waals surface area contributed by atoms with E-state index in [4.69, 9.17) is 23.2 Å². The molecule has 0 atom stereocenters. The SMILES string of the molecule is Cc1ncc(CNC(=O)c2cnc(CNS(=O)(=O)c3ccc(Cl)c(Cl)c3)cn2)s1. The third-order valence-electron chi connectivity index (χ3n) is 3.67. The fourth-order valence-corrected chi connectivity index (χ4v) is 4.33. The molecule has 0 saturated carbocycles. The Morgan fingerprint density at radius 1 is 1.07 bits per heavy atom. The van der Waals surface area contributed by atoms with E-state index in [2.05, 4.69) is 25.0 Å². The van der Waals surface area contributed by atoms with Crippen LogP contribution in [0.5, 0.6) is 0 Å². The molecule has 0 aliphatic heterocycles. The summed E-state index contributed by atoms with van der Waals surface area (Å²) in [6.45, 7) is 2.13. The van der Waals surface area contributed by atoms with E-state index in [9.17, 15) is 13.2 Å². The van der Waals surface area contributed by atoms with Gasteiger partial charge in [0, 0.05) is 11.1 Å². The fraction of sp³-hybridized carbons (Fsp3) is 0.176. The lowest BCUT2D eigenvalue weighted by Crippen LogP contribution is -2.25. The summed E-state index contributed by atoms with van der Waals surface area (Å²) in [4.78, 5) is 25.3. The normalized spacial score (nSPS) is 11.4. The van der Waals surface area contributed by atoms with Crippen molar-refractivity contribution in [2.24, 2.45) is 0 Å². The summed E-state index contributed by atoms with van der Waals surface area (Å²) in [6, 6.07) is 4.01. The third-order valence-corrected chi connectivity index (χ3v) is 6.73. The van der Waals surface area contributed by atoms with Crippen molar-refractivity contribution in [2.75, 3.05) is 0 Å². The lowest BCUT2D eigenvalue weighted by atomic mass is 10.4. The van der Waals surface area contributed by atoms with Crippen LogP contribution in [0.1, 0.15) is 26.1 Å². The highest BCUT2D eigenvalue weighted by molar-refractivity contribution is 7.89. The number of nitrogens with zero attached hydrogens (tertiary/aromatic N) is 3. The van der Waals surface area contributed by atoms with E-state index in [1.54, 1.807) is 6.20 Å². The van der Waals surface area contributed by atoms with Gasteiger partial charge in [-0.3, -0.25) is 9.78 Å². The van der Waals surface area contributed by atoms with Crippen molar-refractivity contribution >= 4 is 50.5 Å². The van der Waals surface area contributed by atoms with E-state index in [1.165, 1.54) is 41.9 Å². The molecule has 0 radical (unpaired) electrons. The average molecular weight is 472 g/mol. The second-order valence-electron chi connectivity index (χ2n) is 5.82. The predicted octanol–water partition coefficient (Wildman–Crippen LogP) is 2.96. The molecular formula is C17H15Cl2N5O3S2. The maximum atomic E-state index is 12.3. The van der Waals surface area contributed by atoms with Crippen LogP contribution in [0.3, 0.4) is 0 Å². The molecule has 0 spiro atoms. The lowest BCUT2D eigenvalue weighted by molar-refractivity contribution is 0.0946. The summed E-state index contributed by atoms with van der Waals surface area (Å²) in [7, 11) is -3.81. The van der Waals surface area contributed by atoms with Crippen LogP contribution in [0, 0.1) is 6.92 Å². The number of sulfonamides is 1. The Bertz CT molecular complexity index is 1130. The number of hydrogen-bond donors (Lipinski definition) is 2. The highest BCUT2D eigenvalue weighted by atomic mass is 35.5. The van der Waals surface area contributed by atoms with Crippen LogP contribution in [0.4, 0.5) is 0 Å². The number of carbonyl (C=O) groups is 1. The fourth-order valence-electron chi connectivity index (χ4n) is 2.20. The zero-order chi connectivity index (χ0) is 21.0. The number of aryl methyl sites for hydroxylation is 1. The summed E-state index contributed by atoms with van der Waals surface area (Å²) in [5.41, 5.74) is 0.477. The van der Waals surface area contributed by atoms with Crippen molar-refractivity contribution in [3.63, 3.8) is 0 Å². The Kier molecular flexibility index (Phi) is 6.81. The van der Waals surface area contributed by atoms with E-state index in [0.717, 1.165) is 9.88 Å². The first-order valence-corrected chi connectivity index (χ1v) is 11.3. The molecule has 8 nitrogen and oxygen atoms in total. The van der Waals surface area contributed by atoms with E-state index in [1.807, 2.05) is 6.92 Å². The zero-order valence-corrected chi connectivity index (χ0v) is 18.2. The summed E-state index contributed by atoms with van der Waals surface area (Å²) < 4.78 is 27.1. The third kappa shape index (κ3) is 5.71. The van der Waals surface area contributed by atoms with E-state index in [-0.39, 0.29) is 33.1 Å². The van der Waals surface area contributed by atoms with Crippen LogP contribution < -0.4 is 10.0 Å². The Hall–Kier alpha value is -2.11. The number of hydrogen-bond acceptors (Lipinski definition) is 7. The van der Waals surface area contributed by atoms with Crippen LogP contribution in [-0.4, -0.2) is 29.3 Å². The first kappa shape index (κ1) is 21.6. The van der Waals surface area contributed by atoms with Crippen LogP contribution in [0.15, 0.2) is 41.7 Å². The molecule has 2 heterocycles. The number of rotatable bonds is 7. The standard InChI is InChI=1S/C17H15Cl2N5O3S2/c1-10-20-7-12(28-10)8-23-17(25)16-9-21-11(5-22-16)6-24-29(26,27)13-2-3-14(18)15(19)4-13/h2-5,7,9,24H,6,8H2,1H3,(H,23,25). The summed E-state index contributed by atoms with van der Waals surface area (Å²) in [5.74, 6) is -0.383. The van der Waals surface area contributed by atoms with Gasteiger partial charge in [0.2, 0.25) is 10.0 Å². The van der Waals surface area contributed by atoms with Crippen LogP contribution in [0.2, 0.25) is 10.0 Å². The molecule has 0 unspecified atom stereocenters.